The van der Waals surface area contributed by atoms with E-state index >= 15 is 0 Å². The van der Waals surface area contributed by atoms with Crippen molar-refractivity contribution in [2.24, 2.45) is 0 Å². The van der Waals surface area contributed by atoms with E-state index in [0.29, 0.717) is 18.8 Å². The largest absolute Gasteiger partial charge is 0.497 e. The molecular weight excluding hydrogens is 300 g/mol. The molecule has 0 aliphatic carbocycles. The number of piperazine rings is 1. The number of hydrogen-bond acceptors (Lipinski definition) is 4. The number of methoxy groups -OCH3 is 1. The third kappa shape index (κ3) is 4.16. The highest BCUT2D eigenvalue weighted by Crippen LogP contribution is 2.21. The van der Waals surface area contributed by atoms with Gasteiger partial charge in [0.05, 0.1) is 12.9 Å². The van der Waals surface area contributed by atoms with Crippen molar-refractivity contribution in [1.29, 1.82) is 0 Å². The molecule has 22 heavy (non-hydrogen) atoms. The fraction of sp³-hybridized carbons (Fsp3) is 0.500. The van der Waals surface area contributed by atoms with Crippen molar-refractivity contribution in [2.45, 2.75) is 13.3 Å². The Hall–Kier alpha value is -1.69. The van der Waals surface area contributed by atoms with Crippen molar-refractivity contribution in [2.75, 3.05) is 43.1 Å². The molecule has 1 saturated heterocycles. The van der Waals surface area contributed by atoms with Crippen LogP contribution in [0.25, 0.3) is 0 Å². The van der Waals surface area contributed by atoms with Crippen molar-refractivity contribution in [1.82, 2.24) is 4.90 Å². The number of carbonyl (C=O) groups is 2. The molecule has 1 aromatic rings. The molecule has 1 aliphatic heterocycles. The summed E-state index contributed by atoms with van der Waals surface area (Å²) in [7, 11) is 1.61. The Morgan fingerprint density at radius 1 is 1.27 bits per heavy atom. The molecular formula is C16H22N2O3S. The van der Waals surface area contributed by atoms with Gasteiger partial charge in [-0.3, -0.25) is 9.59 Å². The minimum atomic E-state index is -0.0368. The zero-order valence-corrected chi connectivity index (χ0v) is 13.9. The normalized spacial score (nSPS) is 15.1. The van der Waals surface area contributed by atoms with E-state index in [1.165, 1.54) is 0 Å². The molecule has 1 aromatic carbocycles. The predicted octanol–water partition coefficient (Wildman–Crippen LogP) is 2.01. The van der Waals surface area contributed by atoms with Gasteiger partial charge in [0.1, 0.15) is 12.3 Å². The Bertz CT molecular complexity index is 519. The summed E-state index contributed by atoms with van der Waals surface area (Å²) in [6, 6.07) is 7.40. The molecule has 1 heterocycles. The zero-order chi connectivity index (χ0) is 15.9. The molecule has 0 bridgehead atoms. The first kappa shape index (κ1) is 16.7. The van der Waals surface area contributed by atoms with Gasteiger partial charge in [-0.2, -0.15) is 11.8 Å². The van der Waals surface area contributed by atoms with E-state index in [2.05, 4.69) is 6.92 Å². The highest BCUT2D eigenvalue weighted by atomic mass is 32.2. The molecule has 0 N–H and O–H groups in total. The van der Waals surface area contributed by atoms with Gasteiger partial charge in [-0.25, -0.2) is 0 Å². The molecule has 0 saturated carbocycles. The summed E-state index contributed by atoms with van der Waals surface area (Å²) in [6.45, 7) is 3.38. The first-order valence-corrected chi connectivity index (χ1v) is 8.61. The average molecular weight is 322 g/mol. The van der Waals surface area contributed by atoms with Gasteiger partial charge in [-0.1, -0.05) is 6.92 Å². The predicted molar refractivity (Wildman–Crippen MR) is 89.5 cm³/mol. The number of amides is 2. The lowest BCUT2D eigenvalue weighted by Crippen LogP contribution is -2.52. The van der Waals surface area contributed by atoms with Gasteiger partial charge < -0.3 is 14.5 Å². The van der Waals surface area contributed by atoms with Crippen LogP contribution >= 0.6 is 11.8 Å². The van der Waals surface area contributed by atoms with Crippen LogP contribution in [-0.4, -0.2) is 55.0 Å². The zero-order valence-electron chi connectivity index (χ0n) is 13.1. The van der Waals surface area contributed by atoms with Crippen LogP contribution in [0.5, 0.6) is 5.75 Å². The number of benzene rings is 1. The van der Waals surface area contributed by atoms with E-state index in [1.807, 2.05) is 24.3 Å². The van der Waals surface area contributed by atoms with Crippen LogP contribution in [0.1, 0.15) is 13.3 Å². The Morgan fingerprint density at radius 3 is 2.59 bits per heavy atom. The number of anilines is 1. The third-order valence-electron chi connectivity index (χ3n) is 3.53. The van der Waals surface area contributed by atoms with Crippen LogP contribution in [0.15, 0.2) is 24.3 Å². The van der Waals surface area contributed by atoms with E-state index < -0.39 is 0 Å². The van der Waals surface area contributed by atoms with Gasteiger partial charge >= 0.3 is 0 Å². The van der Waals surface area contributed by atoms with E-state index in [1.54, 1.807) is 28.7 Å². The number of ether oxygens (including phenoxy) is 1. The molecule has 1 fully saturated rings. The van der Waals surface area contributed by atoms with E-state index in [4.69, 9.17) is 4.74 Å². The van der Waals surface area contributed by atoms with Gasteiger partial charge in [0.25, 0.3) is 0 Å². The number of hydrogen-bond donors (Lipinski definition) is 0. The molecule has 2 rings (SSSR count). The third-order valence-corrected chi connectivity index (χ3v) is 4.68. The van der Waals surface area contributed by atoms with Gasteiger partial charge in [-0.15, -0.1) is 0 Å². The molecule has 0 atom stereocenters. The molecule has 1 aliphatic rings. The maximum atomic E-state index is 12.3. The summed E-state index contributed by atoms with van der Waals surface area (Å²) < 4.78 is 5.12. The second-order valence-corrected chi connectivity index (χ2v) is 6.22. The Morgan fingerprint density at radius 2 is 2.00 bits per heavy atom. The summed E-state index contributed by atoms with van der Waals surface area (Å²) in [5.74, 6) is 2.22. The summed E-state index contributed by atoms with van der Waals surface area (Å²) in [5.41, 5.74) is 0.846. The van der Waals surface area contributed by atoms with Gasteiger partial charge in [0.2, 0.25) is 11.8 Å². The molecule has 0 unspecified atom stereocenters. The topological polar surface area (TPSA) is 49.9 Å². The summed E-state index contributed by atoms with van der Waals surface area (Å²) >= 11 is 1.63. The SMILES string of the molecule is CCCSCC(=O)N1CCN(c2ccc(OC)cc2)C(=O)C1. The van der Waals surface area contributed by atoms with E-state index in [-0.39, 0.29) is 18.4 Å². The number of rotatable bonds is 6. The molecule has 2 amide bonds. The minimum absolute atomic E-state index is 0.0368. The van der Waals surface area contributed by atoms with Crippen LogP contribution in [0.3, 0.4) is 0 Å². The maximum absolute atomic E-state index is 12.3. The Kier molecular flexibility index (Phi) is 6.12. The molecule has 0 spiro atoms. The molecule has 120 valence electrons. The van der Waals surface area contributed by atoms with E-state index in [9.17, 15) is 9.59 Å². The fourth-order valence-electron chi connectivity index (χ4n) is 2.32. The van der Waals surface area contributed by atoms with Gasteiger partial charge in [-0.05, 0) is 36.4 Å². The van der Waals surface area contributed by atoms with Gasteiger partial charge in [0, 0.05) is 18.8 Å². The van der Waals surface area contributed by atoms with Crippen LogP contribution in [-0.2, 0) is 9.59 Å². The van der Waals surface area contributed by atoms with Crippen LogP contribution < -0.4 is 9.64 Å². The lowest BCUT2D eigenvalue weighted by atomic mass is 10.2. The van der Waals surface area contributed by atoms with Crippen molar-refractivity contribution in [3.8, 4) is 5.75 Å². The maximum Gasteiger partial charge on any atom is 0.246 e. The number of carbonyl (C=O) groups excluding carboxylic acids is 2. The quantitative estimate of drug-likeness (QED) is 0.752. The van der Waals surface area contributed by atoms with Crippen LogP contribution in [0.2, 0.25) is 0 Å². The molecule has 0 radical (unpaired) electrons. The smallest absolute Gasteiger partial charge is 0.246 e. The first-order chi connectivity index (χ1) is 10.7. The first-order valence-electron chi connectivity index (χ1n) is 7.45. The molecule has 5 nitrogen and oxygen atoms in total. The fourth-order valence-corrected chi connectivity index (χ4v) is 3.11. The van der Waals surface area contributed by atoms with Crippen molar-refractivity contribution in [3.63, 3.8) is 0 Å². The Balaban J connectivity index is 1.91. The molecule has 6 heteroatoms. The lowest BCUT2D eigenvalue weighted by molar-refractivity contribution is -0.134. The van der Waals surface area contributed by atoms with Crippen LogP contribution in [0.4, 0.5) is 5.69 Å². The van der Waals surface area contributed by atoms with Gasteiger partial charge in [0.15, 0.2) is 0 Å². The van der Waals surface area contributed by atoms with E-state index in [0.717, 1.165) is 23.6 Å². The van der Waals surface area contributed by atoms with Crippen molar-refractivity contribution >= 4 is 29.3 Å². The molecule has 0 aromatic heterocycles. The lowest BCUT2D eigenvalue weighted by Gasteiger charge is -2.34. The highest BCUT2D eigenvalue weighted by molar-refractivity contribution is 7.99. The second-order valence-electron chi connectivity index (χ2n) is 5.11. The second kappa shape index (κ2) is 8.08. The average Bonchev–Trinajstić information content (AvgIpc) is 2.55. The summed E-state index contributed by atoms with van der Waals surface area (Å²) in [6.07, 6.45) is 1.06. The highest BCUT2D eigenvalue weighted by Gasteiger charge is 2.27. The number of thioether (sulfide) groups is 1. The van der Waals surface area contributed by atoms with Crippen molar-refractivity contribution in [3.05, 3.63) is 24.3 Å². The monoisotopic (exact) mass is 322 g/mol. The Labute approximate surface area is 135 Å². The van der Waals surface area contributed by atoms with Crippen molar-refractivity contribution < 1.29 is 14.3 Å². The standard InChI is InChI=1S/C16H22N2O3S/c1-3-10-22-12-16(20)17-8-9-18(15(19)11-17)13-4-6-14(21-2)7-5-13/h4-7H,3,8-12H2,1-2H3. The minimum Gasteiger partial charge on any atom is -0.497 e. The summed E-state index contributed by atoms with van der Waals surface area (Å²) in [4.78, 5) is 27.7. The summed E-state index contributed by atoms with van der Waals surface area (Å²) in [5, 5.41) is 0. The number of nitrogens with zero attached hydrogens (tertiary/aromatic N) is 2. The van der Waals surface area contributed by atoms with Crippen LogP contribution in [0, 0.1) is 0 Å².